The first-order chi connectivity index (χ1) is 11.7. The van der Waals surface area contributed by atoms with Gasteiger partial charge in [-0.3, -0.25) is 0 Å². The van der Waals surface area contributed by atoms with Crippen LogP contribution in [0.25, 0.3) is 6.08 Å². The molecule has 4 nitrogen and oxygen atoms in total. The minimum absolute atomic E-state index is 0.0776. The first kappa shape index (κ1) is 19.2. The third-order valence-corrected chi connectivity index (χ3v) is 5.37. The molecule has 0 saturated heterocycles. The molecule has 0 N–H and O–H groups in total. The maximum absolute atomic E-state index is 12.6. The van der Waals surface area contributed by atoms with E-state index in [0.717, 1.165) is 12.1 Å². The maximum atomic E-state index is 12.6. The van der Waals surface area contributed by atoms with Crippen molar-refractivity contribution in [3.05, 3.63) is 63.0 Å². The summed E-state index contributed by atoms with van der Waals surface area (Å²) in [4.78, 5) is -0.869. The minimum atomic E-state index is -4.20. The number of nitriles is 1. The Kier molecular flexibility index (Phi) is 6.01. The van der Waals surface area contributed by atoms with Crippen molar-refractivity contribution < 1.29 is 21.9 Å². The van der Waals surface area contributed by atoms with E-state index in [1.165, 1.54) is 36.4 Å². The average molecular weight is 404 g/mol. The SMILES string of the molecule is N#CC(=Cc1ccc(OC(F)F)cc1)S(=O)(=O)c1cc(Cl)ccc1Cl. The lowest BCUT2D eigenvalue weighted by Gasteiger charge is -2.07. The molecule has 0 aromatic heterocycles. The molecule has 25 heavy (non-hydrogen) atoms. The van der Waals surface area contributed by atoms with Crippen LogP contribution in [-0.4, -0.2) is 15.0 Å². The van der Waals surface area contributed by atoms with Gasteiger partial charge in [0, 0.05) is 5.02 Å². The first-order valence-corrected chi connectivity index (χ1v) is 8.85. The van der Waals surface area contributed by atoms with Gasteiger partial charge >= 0.3 is 6.61 Å². The molecular weight excluding hydrogens is 395 g/mol. The van der Waals surface area contributed by atoms with E-state index in [4.69, 9.17) is 23.2 Å². The van der Waals surface area contributed by atoms with Crippen molar-refractivity contribution in [1.29, 1.82) is 5.26 Å². The highest BCUT2D eigenvalue weighted by molar-refractivity contribution is 7.95. The van der Waals surface area contributed by atoms with Crippen LogP contribution in [0.3, 0.4) is 0 Å². The van der Waals surface area contributed by atoms with Crippen molar-refractivity contribution in [2.24, 2.45) is 0 Å². The molecule has 0 spiro atoms. The fourth-order valence-electron chi connectivity index (χ4n) is 1.87. The third-order valence-electron chi connectivity index (χ3n) is 2.99. The van der Waals surface area contributed by atoms with Crippen LogP contribution in [-0.2, 0) is 9.84 Å². The largest absolute Gasteiger partial charge is 0.435 e. The second-order valence-corrected chi connectivity index (χ2v) is 7.38. The van der Waals surface area contributed by atoms with Gasteiger partial charge in [0.25, 0.3) is 0 Å². The summed E-state index contributed by atoms with van der Waals surface area (Å²) >= 11 is 11.7. The van der Waals surface area contributed by atoms with Gasteiger partial charge in [-0.25, -0.2) is 8.42 Å². The lowest BCUT2D eigenvalue weighted by molar-refractivity contribution is -0.0498. The molecule has 2 aromatic carbocycles. The highest BCUT2D eigenvalue weighted by Gasteiger charge is 2.24. The summed E-state index contributed by atoms with van der Waals surface area (Å²) in [7, 11) is -4.20. The smallest absolute Gasteiger partial charge is 0.387 e. The molecule has 0 fully saturated rings. The quantitative estimate of drug-likeness (QED) is 0.663. The predicted molar refractivity (Wildman–Crippen MR) is 90.3 cm³/mol. The Balaban J connectivity index is 2.43. The van der Waals surface area contributed by atoms with E-state index < -0.39 is 21.4 Å². The molecule has 9 heteroatoms. The van der Waals surface area contributed by atoms with Crippen LogP contribution in [0, 0.1) is 11.3 Å². The number of benzene rings is 2. The van der Waals surface area contributed by atoms with Crippen molar-refractivity contribution >= 4 is 39.1 Å². The average Bonchev–Trinajstić information content (AvgIpc) is 2.55. The normalized spacial score (nSPS) is 12.1. The molecule has 0 saturated carbocycles. The van der Waals surface area contributed by atoms with Gasteiger partial charge in [-0.05, 0) is 42.0 Å². The van der Waals surface area contributed by atoms with E-state index in [9.17, 15) is 22.5 Å². The Bertz CT molecular complexity index is 952. The fraction of sp³-hybridized carbons (Fsp3) is 0.0625. The lowest BCUT2D eigenvalue weighted by atomic mass is 10.2. The first-order valence-electron chi connectivity index (χ1n) is 6.61. The molecule has 2 rings (SSSR count). The van der Waals surface area contributed by atoms with Crippen molar-refractivity contribution in [2.45, 2.75) is 11.5 Å². The molecule has 0 aliphatic carbocycles. The van der Waals surface area contributed by atoms with E-state index >= 15 is 0 Å². The molecule has 0 bridgehead atoms. The molecule has 0 amide bonds. The van der Waals surface area contributed by atoms with Gasteiger partial charge in [0.15, 0.2) is 0 Å². The highest BCUT2D eigenvalue weighted by atomic mass is 35.5. The number of alkyl halides is 2. The van der Waals surface area contributed by atoms with Gasteiger partial charge in [-0.15, -0.1) is 0 Å². The van der Waals surface area contributed by atoms with E-state index in [-0.39, 0.29) is 20.7 Å². The predicted octanol–water partition coefficient (Wildman–Crippen LogP) is 4.93. The number of nitrogens with zero attached hydrogens (tertiary/aromatic N) is 1. The molecule has 0 aliphatic heterocycles. The zero-order chi connectivity index (χ0) is 18.6. The van der Waals surface area contributed by atoms with Gasteiger partial charge < -0.3 is 4.74 Å². The number of sulfone groups is 1. The number of rotatable bonds is 5. The molecule has 130 valence electrons. The zero-order valence-corrected chi connectivity index (χ0v) is 14.6. The van der Waals surface area contributed by atoms with Crippen LogP contribution in [0.5, 0.6) is 5.75 Å². The summed E-state index contributed by atoms with van der Waals surface area (Å²) in [5.74, 6) is -0.0913. The summed E-state index contributed by atoms with van der Waals surface area (Å²) in [6.07, 6.45) is 1.10. The monoisotopic (exact) mass is 403 g/mol. The van der Waals surface area contributed by atoms with Crippen LogP contribution in [0.1, 0.15) is 5.56 Å². The topological polar surface area (TPSA) is 67.2 Å². The lowest BCUT2D eigenvalue weighted by Crippen LogP contribution is -2.04. The van der Waals surface area contributed by atoms with Crippen molar-refractivity contribution in [3.8, 4) is 11.8 Å². The summed E-state index contributed by atoms with van der Waals surface area (Å²) in [5.41, 5.74) is 0.305. The van der Waals surface area contributed by atoms with Gasteiger partial charge in [0.05, 0.1) is 9.92 Å². The summed E-state index contributed by atoms with van der Waals surface area (Å²) < 4.78 is 53.6. The van der Waals surface area contributed by atoms with Gasteiger partial charge in [0.2, 0.25) is 9.84 Å². The Morgan fingerprint density at radius 2 is 1.80 bits per heavy atom. The molecule has 0 unspecified atom stereocenters. The number of allylic oxidation sites excluding steroid dienone is 1. The highest BCUT2D eigenvalue weighted by Crippen LogP contribution is 2.30. The van der Waals surface area contributed by atoms with Gasteiger partial charge in [-0.2, -0.15) is 14.0 Å². The number of ether oxygens (including phenoxy) is 1. The van der Waals surface area contributed by atoms with E-state index in [0.29, 0.717) is 5.56 Å². The summed E-state index contributed by atoms with van der Waals surface area (Å²) in [6, 6.07) is 10.6. The molecular formula is C16H9Cl2F2NO3S. The van der Waals surface area contributed by atoms with Crippen LogP contribution in [0.4, 0.5) is 8.78 Å². The maximum Gasteiger partial charge on any atom is 0.387 e. The van der Waals surface area contributed by atoms with E-state index in [2.05, 4.69) is 4.74 Å². The minimum Gasteiger partial charge on any atom is -0.435 e. The molecule has 0 aliphatic rings. The van der Waals surface area contributed by atoms with Crippen LogP contribution >= 0.6 is 23.2 Å². The van der Waals surface area contributed by atoms with E-state index in [1.807, 2.05) is 0 Å². The molecule has 2 aromatic rings. The molecule has 0 radical (unpaired) electrons. The Hall–Kier alpha value is -2.14. The fourth-order valence-corrected chi connectivity index (χ4v) is 3.78. The molecule has 0 heterocycles. The van der Waals surface area contributed by atoms with Crippen molar-refractivity contribution in [3.63, 3.8) is 0 Å². The standard InChI is InChI=1S/C16H9Cl2F2NO3S/c17-11-3-6-14(18)15(8-11)25(22,23)13(9-21)7-10-1-4-12(5-2-10)24-16(19)20/h1-8,16H. The van der Waals surface area contributed by atoms with Gasteiger partial charge in [0.1, 0.15) is 16.7 Å². The van der Waals surface area contributed by atoms with E-state index in [1.54, 1.807) is 6.07 Å². The third kappa shape index (κ3) is 4.69. The van der Waals surface area contributed by atoms with Crippen LogP contribution in [0.2, 0.25) is 10.0 Å². The summed E-state index contributed by atoms with van der Waals surface area (Å²) in [5, 5.41) is 9.29. The van der Waals surface area contributed by atoms with Gasteiger partial charge in [-0.1, -0.05) is 35.3 Å². The Labute approximate surface area is 152 Å². The van der Waals surface area contributed by atoms with Crippen LogP contribution in [0.15, 0.2) is 52.3 Å². The van der Waals surface area contributed by atoms with Crippen molar-refractivity contribution in [2.75, 3.05) is 0 Å². The number of hydrogen-bond donors (Lipinski definition) is 0. The summed E-state index contributed by atoms with van der Waals surface area (Å²) in [6.45, 7) is -2.97. The second-order valence-electron chi connectivity index (χ2n) is 4.65. The van der Waals surface area contributed by atoms with Crippen LogP contribution < -0.4 is 4.74 Å². The molecule has 0 atom stereocenters. The Morgan fingerprint density at radius 1 is 1.16 bits per heavy atom. The van der Waals surface area contributed by atoms with Crippen molar-refractivity contribution in [1.82, 2.24) is 0 Å². The zero-order valence-electron chi connectivity index (χ0n) is 12.3. The Morgan fingerprint density at radius 3 is 2.36 bits per heavy atom. The number of hydrogen-bond acceptors (Lipinski definition) is 4. The number of halogens is 4. The second kappa shape index (κ2) is 7.83.